The second-order valence-electron chi connectivity index (χ2n) is 4.56. The van der Waals surface area contributed by atoms with Crippen molar-refractivity contribution in [2.45, 2.75) is 38.2 Å². The zero-order valence-electron chi connectivity index (χ0n) is 14.7. The molecular weight excluding hydrogens is 196 g/mol. The molecule has 1 saturated heterocycles. The fraction of sp³-hybridized carbons (Fsp3) is 0.571. The normalized spacial score (nSPS) is 29.8. The molecule has 0 spiro atoms. The topological polar surface area (TPSA) is 29.3 Å². The number of hydrogen-bond donors (Lipinski definition) is 1. The molecule has 0 saturated carbocycles. The Morgan fingerprint density at radius 3 is 2.69 bits per heavy atom. The van der Waals surface area contributed by atoms with Crippen molar-refractivity contribution in [1.29, 1.82) is 0 Å². The monoisotopic (exact) mass is 223 g/mol. The summed E-state index contributed by atoms with van der Waals surface area (Å²) in [5.41, 5.74) is -0.445. The quantitative estimate of drug-likeness (QED) is 0.850. The first-order valence-corrected chi connectivity index (χ1v) is 5.78. The Morgan fingerprint density at radius 1 is 1.44 bits per heavy atom. The van der Waals surface area contributed by atoms with Gasteiger partial charge in [0.1, 0.15) is 2.82 Å². The molecule has 0 aromatic heterocycles. The van der Waals surface area contributed by atoms with Crippen LogP contribution in [0.25, 0.3) is 0 Å². The van der Waals surface area contributed by atoms with Crippen molar-refractivity contribution < 1.29 is 6.94 Å². The zero-order valence-corrected chi connectivity index (χ0v) is 9.69. The first-order valence-electron chi connectivity index (χ1n) is 8.33. The van der Waals surface area contributed by atoms with E-state index in [9.17, 15) is 0 Å². The predicted molar refractivity (Wildman–Crippen MR) is 68.3 cm³/mol. The van der Waals surface area contributed by atoms with Crippen LogP contribution in [0.15, 0.2) is 30.3 Å². The van der Waals surface area contributed by atoms with E-state index in [1.165, 1.54) is 0 Å². The van der Waals surface area contributed by atoms with Crippen molar-refractivity contribution in [1.82, 2.24) is 4.90 Å². The summed E-state index contributed by atoms with van der Waals surface area (Å²) in [4.78, 5) is 1.92. The average Bonchev–Trinajstić information content (AvgIpc) is 3.00. The lowest BCUT2D eigenvalue weighted by Crippen LogP contribution is -2.49. The maximum Gasteiger partial charge on any atom is 0.119 e. The maximum absolute atomic E-state index is 8.83. The molecule has 0 aliphatic carbocycles. The molecule has 2 heteroatoms. The van der Waals surface area contributed by atoms with Crippen molar-refractivity contribution in [2.75, 3.05) is 13.1 Å². The van der Waals surface area contributed by atoms with E-state index in [0.29, 0.717) is 24.4 Å². The maximum atomic E-state index is 8.83. The second-order valence-corrected chi connectivity index (χ2v) is 4.56. The molecule has 0 radical (unpaired) electrons. The number of likely N-dealkylation sites (tertiary alicyclic amines) is 1. The van der Waals surface area contributed by atoms with E-state index in [2.05, 4.69) is 0 Å². The largest absolute Gasteiger partial charge is 0.322 e. The highest BCUT2D eigenvalue weighted by Crippen LogP contribution is 2.31. The highest BCUT2D eigenvalue weighted by Gasteiger charge is 2.35. The molecule has 16 heavy (non-hydrogen) atoms. The van der Waals surface area contributed by atoms with Gasteiger partial charge in [-0.1, -0.05) is 30.3 Å². The van der Waals surface area contributed by atoms with Gasteiger partial charge in [-0.25, -0.2) is 0 Å². The third-order valence-corrected chi connectivity index (χ3v) is 3.29. The van der Waals surface area contributed by atoms with Gasteiger partial charge in [0.05, 0.1) is 1.37 Å². The van der Waals surface area contributed by atoms with Crippen molar-refractivity contribution in [2.24, 2.45) is 5.72 Å². The minimum atomic E-state index is -1.80. The lowest BCUT2D eigenvalue weighted by atomic mass is 9.88. The van der Waals surface area contributed by atoms with E-state index in [-0.39, 0.29) is 0 Å². The molecule has 2 unspecified atom stereocenters. The van der Waals surface area contributed by atoms with Crippen LogP contribution in [-0.2, 0) is 0 Å². The molecule has 0 amide bonds. The van der Waals surface area contributed by atoms with Gasteiger partial charge in [-0.3, -0.25) is 4.90 Å². The smallest absolute Gasteiger partial charge is 0.119 e. The van der Waals surface area contributed by atoms with E-state index in [0.717, 1.165) is 12.8 Å². The number of benzene rings is 1. The molecule has 1 aromatic carbocycles. The Morgan fingerprint density at radius 2 is 2.12 bits per heavy atom. The van der Waals surface area contributed by atoms with Crippen LogP contribution in [0.1, 0.15) is 42.3 Å². The van der Waals surface area contributed by atoms with Crippen LogP contribution >= 0.6 is 0 Å². The van der Waals surface area contributed by atoms with Crippen LogP contribution in [0.5, 0.6) is 0 Å². The fourth-order valence-electron chi connectivity index (χ4n) is 2.22. The van der Waals surface area contributed by atoms with Crippen molar-refractivity contribution in [3.8, 4) is 0 Å². The third kappa shape index (κ3) is 2.13. The Balaban J connectivity index is 2.57. The molecule has 2 N–H and O–H groups in total. The van der Waals surface area contributed by atoms with Crippen molar-refractivity contribution in [3.63, 3.8) is 0 Å². The van der Waals surface area contributed by atoms with Gasteiger partial charge in [-0.15, -0.1) is 0 Å². The minimum absolute atomic E-state index is 0.344. The zero-order chi connectivity index (χ0) is 15.7. The van der Waals surface area contributed by atoms with Gasteiger partial charge >= 0.3 is 0 Å². The molecule has 0 bridgehead atoms. The average molecular weight is 223 g/mol. The number of nitrogens with zero attached hydrogens (tertiary/aromatic N) is 1. The van der Waals surface area contributed by atoms with E-state index < -0.39 is 18.4 Å². The Labute approximate surface area is 106 Å². The molecule has 1 aliphatic heterocycles. The van der Waals surface area contributed by atoms with Gasteiger partial charge in [0.25, 0.3) is 0 Å². The summed E-state index contributed by atoms with van der Waals surface area (Å²) < 4.78 is 40.5. The molecule has 1 aliphatic rings. The number of rotatable bonds is 4. The summed E-state index contributed by atoms with van der Waals surface area (Å²) in [6, 6.07) is 6.92. The molecule has 88 valence electrons. The second kappa shape index (κ2) is 4.56. The molecular formula is C14H22N2. The van der Waals surface area contributed by atoms with E-state index in [1.807, 2.05) is 11.0 Å². The summed E-state index contributed by atoms with van der Waals surface area (Å²) in [7, 11) is 0. The lowest BCUT2D eigenvalue weighted by molar-refractivity contribution is 0.124. The van der Waals surface area contributed by atoms with Crippen LogP contribution < -0.4 is 5.72 Å². The summed E-state index contributed by atoms with van der Waals surface area (Å²) in [6.07, 6.45) is 1.92. The molecule has 2 nitrogen and oxygen atoms in total. The molecule has 2 rings (SSSR count). The van der Waals surface area contributed by atoms with Crippen LogP contribution in [0.4, 0.5) is 0 Å². The van der Waals surface area contributed by atoms with Crippen molar-refractivity contribution in [3.05, 3.63) is 35.9 Å². The fourth-order valence-corrected chi connectivity index (χ4v) is 2.22. The SMILES string of the molecule is [2H]C([2H])C(C)(N1CCCC1)C([2H])(c1ccccc1)N([2H])[2H]. The summed E-state index contributed by atoms with van der Waals surface area (Å²) >= 11 is 0. The summed E-state index contributed by atoms with van der Waals surface area (Å²) in [5.74, 6) is 0. The molecule has 1 fully saturated rings. The standard InChI is InChI=1S/C14H22N2/c1-14(2,16-10-6-7-11-16)13(15)12-8-4-3-5-9-12/h3-5,8-9,13H,6-7,10-11,15H2,1-2H3/i1D2,13D/hD2. The number of hydrogen-bond acceptors (Lipinski definition) is 2. The summed E-state index contributed by atoms with van der Waals surface area (Å²) in [5, 5.41) is 0. The van der Waals surface area contributed by atoms with E-state index in [4.69, 9.17) is 6.94 Å². The first-order chi connectivity index (χ1) is 9.85. The van der Waals surface area contributed by atoms with Crippen molar-refractivity contribution >= 4 is 0 Å². The van der Waals surface area contributed by atoms with Gasteiger partial charge in [0.2, 0.25) is 0 Å². The van der Waals surface area contributed by atoms with E-state index in [1.54, 1.807) is 31.2 Å². The minimum Gasteiger partial charge on any atom is -0.322 e. The highest BCUT2D eigenvalue weighted by molar-refractivity contribution is 5.22. The van der Waals surface area contributed by atoms with Gasteiger partial charge in [0, 0.05) is 14.3 Å². The lowest BCUT2D eigenvalue weighted by Gasteiger charge is -2.40. The molecule has 1 heterocycles. The summed E-state index contributed by atoms with van der Waals surface area (Å²) in [6.45, 7) is 1.73. The van der Waals surface area contributed by atoms with Gasteiger partial charge in [0.15, 0.2) is 0 Å². The molecule has 1 aromatic rings. The Kier molecular flexibility index (Phi) is 1.93. The van der Waals surface area contributed by atoms with Gasteiger partial charge < -0.3 is 5.72 Å². The highest BCUT2D eigenvalue weighted by atomic mass is 15.2. The number of nitrogens with two attached hydrogens (primary N) is 1. The first kappa shape index (κ1) is 6.77. The van der Waals surface area contributed by atoms with E-state index >= 15 is 0 Å². The Hall–Kier alpha value is -0.860. The van der Waals surface area contributed by atoms with Gasteiger partial charge in [-0.2, -0.15) is 0 Å². The van der Waals surface area contributed by atoms with Gasteiger partial charge in [-0.05, 0) is 45.3 Å². The third-order valence-electron chi connectivity index (χ3n) is 3.29. The molecule has 2 atom stereocenters. The predicted octanol–water partition coefficient (Wildman–Crippen LogP) is 2.56. The van der Waals surface area contributed by atoms with Crippen LogP contribution in [0, 0.1) is 0 Å². The van der Waals surface area contributed by atoms with Crippen LogP contribution in [0.2, 0.25) is 2.82 Å². The van der Waals surface area contributed by atoms with Crippen LogP contribution in [-0.4, -0.2) is 23.5 Å². The Bertz CT molecular complexity index is 464. The van der Waals surface area contributed by atoms with Crippen LogP contribution in [0.3, 0.4) is 0 Å².